The van der Waals surface area contributed by atoms with E-state index in [1.165, 1.54) is 12.1 Å². The molecule has 1 aliphatic heterocycles. The highest BCUT2D eigenvalue weighted by molar-refractivity contribution is 14.0. The predicted octanol–water partition coefficient (Wildman–Crippen LogP) is 1.77. The van der Waals surface area contributed by atoms with Gasteiger partial charge in [-0.2, -0.15) is 0 Å². The van der Waals surface area contributed by atoms with Crippen molar-refractivity contribution in [3.05, 3.63) is 30.1 Å². The van der Waals surface area contributed by atoms with Gasteiger partial charge in [0, 0.05) is 65.2 Å². The normalized spacial score (nSPS) is 15.5. The third-order valence-corrected chi connectivity index (χ3v) is 4.25. The highest BCUT2D eigenvalue weighted by Gasteiger charge is 2.16. The Balaban J connectivity index is 0.00000338. The van der Waals surface area contributed by atoms with Gasteiger partial charge in [0.05, 0.1) is 6.61 Å². The highest BCUT2D eigenvalue weighted by atomic mass is 127. The number of benzene rings is 1. The van der Waals surface area contributed by atoms with Crippen molar-refractivity contribution in [3.8, 4) is 0 Å². The lowest BCUT2D eigenvalue weighted by Gasteiger charge is -2.36. The zero-order chi connectivity index (χ0) is 17.9. The Hall–Kier alpha value is -1.13. The molecule has 0 saturated carbocycles. The van der Waals surface area contributed by atoms with Gasteiger partial charge in [0.1, 0.15) is 5.82 Å². The van der Waals surface area contributed by atoms with Crippen LogP contribution >= 0.6 is 24.0 Å². The molecule has 1 saturated heterocycles. The minimum Gasteiger partial charge on any atom is -0.380 e. The average molecular weight is 479 g/mol. The van der Waals surface area contributed by atoms with Crippen molar-refractivity contribution < 1.29 is 9.13 Å². The number of ether oxygens (including phenoxy) is 1. The van der Waals surface area contributed by atoms with Crippen molar-refractivity contribution in [1.82, 2.24) is 15.5 Å². The summed E-state index contributed by atoms with van der Waals surface area (Å²) in [5.74, 6) is 0.626. The minimum atomic E-state index is -0.184. The van der Waals surface area contributed by atoms with Crippen LogP contribution in [0.5, 0.6) is 0 Å². The van der Waals surface area contributed by atoms with Gasteiger partial charge in [0.25, 0.3) is 0 Å². The molecule has 0 radical (unpaired) electrons. The lowest BCUT2D eigenvalue weighted by Crippen LogP contribution is -2.49. The molecule has 1 heterocycles. The molecule has 0 bridgehead atoms. The number of hydrogen-bond donors (Lipinski definition) is 2. The molecule has 2 N–H and O–H groups in total. The fourth-order valence-corrected chi connectivity index (χ4v) is 2.82. The molecule has 0 spiro atoms. The monoisotopic (exact) mass is 479 g/mol. The Morgan fingerprint density at radius 3 is 2.38 bits per heavy atom. The highest BCUT2D eigenvalue weighted by Crippen LogP contribution is 2.16. The Kier molecular flexibility index (Phi) is 11.5. The van der Waals surface area contributed by atoms with E-state index >= 15 is 0 Å². The van der Waals surface area contributed by atoms with Crippen LogP contribution in [0.2, 0.25) is 0 Å². The second-order valence-electron chi connectivity index (χ2n) is 5.93. The van der Waals surface area contributed by atoms with E-state index in [1.54, 1.807) is 7.05 Å². The lowest BCUT2D eigenvalue weighted by molar-refractivity contribution is 0.152. The van der Waals surface area contributed by atoms with E-state index in [2.05, 4.69) is 25.4 Å². The zero-order valence-corrected chi connectivity index (χ0v) is 18.0. The summed E-state index contributed by atoms with van der Waals surface area (Å²) in [6.07, 6.45) is 0. The van der Waals surface area contributed by atoms with Crippen molar-refractivity contribution in [1.29, 1.82) is 0 Å². The van der Waals surface area contributed by atoms with E-state index in [0.29, 0.717) is 6.61 Å². The Bertz CT molecular complexity index is 521. The lowest BCUT2D eigenvalue weighted by atomic mass is 10.2. The van der Waals surface area contributed by atoms with E-state index in [-0.39, 0.29) is 29.8 Å². The quantitative estimate of drug-likeness (QED) is 0.258. The van der Waals surface area contributed by atoms with Crippen LogP contribution in [0.1, 0.15) is 6.92 Å². The number of nitrogens with zero attached hydrogens (tertiary/aromatic N) is 3. The van der Waals surface area contributed by atoms with Gasteiger partial charge in [-0.3, -0.25) is 9.89 Å². The van der Waals surface area contributed by atoms with Gasteiger partial charge in [0.2, 0.25) is 0 Å². The number of hydrogen-bond acceptors (Lipinski definition) is 4. The first-order chi connectivity index (χ1) is 12.2. The maximum absolute atomic E-state index is 13.0. The van der Waals surface area contributed by atoms with E-state index in [0.717, 1.165) is 64.1 Å². The summed E-state index contributed by atoms with van der Waals surface area (Å²) in [5.41, 5.74) is 1.10. The number of halogens is 2. The van der Waals surface area contributed by atoms with Crippen molar-refractivity contribution in [3.63, 3.8) is 0 Å². The van der Waals surface area contributed by atoms with E-state index in [4.69, 9.17) is 4.74 Å². The number of piperazine rings is 1. The first-order valence-electron chi connectivity index (χ1n) is 8.98. The molecular weight excluding hydrogens is 448 g/mol. The number of anilines is 1. The number of rotatable bonds is 8. The van der Waals surface area contributed by atoms with Gasteiger partial charge in [-0.25, -0.2) is 4.39 Å². The summed E-state index contributed by atoms with van der Waals surface area (Å²) in [6, 6.07) is 6.75. The van der Waals surface area contributed by atoms with Gasteiger partial charge in [0.15, 0.2) is 5.96 Å². The van der Waals surface area contributed by atoms with E-state index < -0.39 is 0 Å². The first kappa shape index (κ1) is 22.9. The van der Waals surface area contributed by atoms with Crippen molar-refractivity contribution in [2.75, 3.05) is 71.0 Å². The molecule has 0 amide bonds. The van der Waals surface area contributed by atoms with Gasteiger partial charge in [-0.1, -0.05) is 0 Å². The summed E-state index contributed by atoms with van der Waals surface area (Å²) < 4.78 is 18.3. The first-order valence-corrected chi connectivity index (χ1v) is 8.98. The van der Waals surface area contributed by atoms with Gasteiger partial charge in [-0.15, -0.1) is 24.0 Å². The van der Waals surface area contributed by atoms with E-state index in [1.807, 2.05) is 19.1 Å². The molecule has 26 heavy (non-hydrogen) atoms. The number of guanidine groups is 1. The fourth-order valence-electron chi connectivity index (χ4n) is 2.82. The van der Waals surface area contributed by atoms with Crippen molar-refractivity contribution >= 4 is 35.6 Å². The number of nitrogens with one attached hydrogen (secondary N) is 2. The maximum atomic E-state index is 13.0. The van der Waals surface area contributed by atoms with Crippen LogP contribution in [-0.2, 0) is 4.74 Å². The van der Waals surface area contributed by atoms with Crippen LogP contribution in [0.3, 0.4) is 0 Å². The summed E-state index contributed by atoms with van der Waals surface area (Å²) in [4.78, 5) is 8.94. The molecule has 0 aromatic heterocycles. The topological polar surface area (TPSA) is 52.1 Å². The van der Waals surface area contributed by atoms with Gasteiger partial charge < -0.3 is 20.3 Å². The molecule has 1 fully saturated rings. The SMILES string of the molecule is CCOCCNC(=NC)NCCN1CCN(c2ccc(F)cc2)CC1.I. The van der Waals surface area contributed by atoms with Crippen LogP contribution < -0.4 is 15.5 Å². The Morgan fingerprint density at radius 2 is 1.77 bits per heavy atom. The molecule has 2 rings (SSSR count). The summed E-state index contributed by atoms with van der Waals surface area (Å²) in [6.45, 7) is 9.94. The average Bonchev–Trinajstić information content (AvgIpc) is 2.65. The van der Waals surface area contributed by atoms with Gasteiger partial charge >= 0.3 is 0 Å². The van der Waals surface area contributed by atoms with E-state index in [9.17, 15) is 4.39 Å². The largest absolute Gasteiger partial charge is 0.380 e. The number of aliphatic imine (C=N–C) groups is 1. The molecule has 1 aromatic rings. The molecule has 1 aliphatic rings. The van der Waals surface area contributed by atoms with Gasteiger partial charge in [-0.05, 0) is 31.2 Å². The van der Waals surface area contributed by atoms with Crippen molar-refractivity contribution in [2.45, 2.75) is 6.92 Å². The second kappa shape index (κ2) is 13.1. The molecule has 0 unspecified atom stereocenters. The molecular formula is C18H31FIN5O. The summed E-state index contributed by atoms with van der Waals surface area (Å²) in [7, 11) is 1.78. The smallest absolute Gasteiger partial charge is 0.191 e. The second-order valence-corrected chi connectivity index (χ2v) is 5.93. The Labute approximate surface area is 173 Å². The van der Waals surface area contributed by atoms with Crippen molar-refractivity contribution in [2.24, 2.45) is 4.99 Å². The fraction of sp³-hybridized carbons (Fsp3) is 0.611. The summed E-state index contributed by atoms with van der Waals surface area (Å²) in [5, 5.41) is 6.56. The maximum Gasteiger partial charge on any atom is 0.191 e. The molecule has 6 nitrogen and oxygen atoms in total. The van der Waals surface area contributed by atoms with Crippen LogP contribution in [0.4, 0.5) is 10.1 Å². The molecule has 148 valence electrons. The van der Waals surface area contributed by atoms with Crippen LogP contribution in [0.15, 0.2) is 29.3 Å². The van der Waals surface area contributed by atoms with Crippen LogP contribution in [0.25, 0.3) is 0 Å². The predicted molar refractivity (Wildman–Crippen MR) is 116 cm³/mol. The molecule has 0 aliphatic carbocycles. The molecule has 0 atom stereocenters. The minimum absolute atomic E-state index is 0. The third kappa shape index (κ3) is 8.05. The Morgan fingerprint density at radius 1 is 1.12 bits per heavy atom. The molecule has 1 aromatic carbocycles. The van der Waals surface area contributed by atoms with Crippen LogP contribution in [-0.4, -0.2) is 76.9 Å². The van der Waals surface area contributed by atoms with Crippen LogP contribution in [0, 0.1) is 5.82 Å². The summed E-state index contributed by atoms with van der Waals surface area (Å²) >= 11 is 0. The standard InChI is InChI=1S/C18H30FN5O.HI/c1-3-25-15-9-22-18(20-2)21-8-10-23-11-13-24(14-12-23)17-6-4-16(19)5-7-17;/h4-7H,3,8-15H2,1-2H3,(H2,20,21,22);1H. The zero-order valence-electron chi connectivity index (χ0n) is 15.7. The third-order valence-electron chi connectivity index (χ3n) is 4.25. The molecule has 8 heteroatoms.